The van der Waals surface area contributed by atoms with Crippen LogP contribution in [0, 0.1) is 3.57 Å². The van der Waals surface area contributed by atoms with Gasteiger partial charge in [-0.3, -0.25) is 4.79 Å². The highest BCUT2D eigenvalue weighted by Crippen LogP contribution is 2.29. The Morgan fingerprint density at radius 1 is 1.29 bits per heavy atom. The molecule has 2 rings (SSSR count). The van der Waals surface area contributed by atoms with Gasteiger partial charge in [0.25, 0.3) is 5.56 Å². The van der Waals surface area contributed by atoms with Gasteiger partial charge in [-0.2, -0.15) is 0 Å². The van der Waals surface area contributed by atoms with E-state index >= 15 is 0 Å². The van der Waals surface area contributed by atoms with E-state index in [9.17, 15) is 4.79 Å². The molecule has 0 aromatic carbocycles. The Hall–Kier alpha value is -0.390. The third kappa shape index (κ3) is 3.09. The van der Waals surface area contributed by atoms with Crippen molar-refractivity contribution in [1.82, 2.24) is 9.97 Å². The lowest BCUT2D eigenvalue weighted by Gasteiger charge is -2.14. The highest BCUT2D eigenvalue weighted by molar-refractivity contribution is 14.1. The van der Waals surface area contributed by atoms with Gasteiger partial charge in [-0.1, -0.05) is 32.6 Å². The summed E-state index contributed by atoms with van der Waals surface area (Å²) in [6.45, 7) is 2.06. The van der Waals surface area contributed by atoms with E-state index in [-0.39, 0.29) is 5.56 Å². The average molecular weight is 346 g/mol. The van der Waals surface area contributed by atoms with Crippen LogP contribution in [0.25, 0.3) is 0 Å². The Bertz CT molecular complexity index is 434. The second-order valence-corrected chi connectivity index (χ2v) is 5.83. The molecule has 1 fully saturated rings. The van der Waals surface area contributed by atoms with E-state index in [1.165, 1.54) is 38.5 Å². The molecule has 1 aromatic rings. The first-order valence-electron chi connectivity index (χ1n) is 6.51. The summed E-state index contributed by atoms with van der Waals surface area (Å²) in [7, 11) is 0. The number of aromatic amines is 1. The maximum atomic E-state index is 11.8. The second-order valence-electron chi connectivity index (χ2n) is 4.75. The molecule has 4 heteroatoms. The SMILES string of the molecule is CCc1nc(C2CCCCCC2)[nH]c(=O)c1I. The molecule has 94 valence electrons. The predicted molar refractivity (Wildman–Crippen MR) is 77.4 cm³/mol. The minimum absolute atomic E-state index is 0.0386. The van der Waals surface area contributed by atoms with Crippen LogP contribution in [0.5, 0.6) is 0 Å². The van der Waals surface area contributed by atoms with Crippen LogP contribution in [0.2, 0.25) is 0 Å². The van der Waals surface area contributed by atoms with Crippen molar-refractivity contribution in [3.05, 3.63) is 25.4 Å². The molecule has 0 saturated heterocycles. The van der Waals surface area contributed by atoms with E-state index in [1.807, 2.05) is 0 Å². The number of hydrogen-bond acceptors (Lipinski definition) is 2. The number of rotatable bonds is 2. The highest BCUT2D eigenvalue weighted by atomic mass is 127. The average Bonchev–Trinajstić information content (AvgIpc) is 2.61. The molecular weight excluding hydrogens is 327 g/mol. The van der Waals surface area contributed by atoms with Gasteiger partial charge < -0.3 is 4.98 Å². The van der Waals surface area contributed by atoms with Crippen LogP contribution >= 0.6 is 22.6 Å². The van der Waals surface area contributed by atoms with Crippen molar-refractivity contribution in [3.63, 3.8) is 0 Å². The maximum Gasteiger partial charge on any atom is 0.264 e. The smallest absolute Gasteiger partial charge is 0.264 e. The Labute approximate surface area is 116 Å². The van der Waals surface area contributed by atoms with Crippen LogP contribution in [0.15, 0.2) is 4.79 Å². The first kappa shape index (κ1) is 13.1. The molecule has 1 aliphatic carbocycles. The molecule has 1 aliphatic rings. The summed E-state index contributed by atoms with van der Waals surface area (Å²) in [5.41, 5.74) is 0.991. The molecule has 0 unspecified atom stereocenters. The molecule has 0 aliphatic heterocycles. The molecule has 1 aromatic heterocycles. The van der Waals surface area contributed by atoms with Crippen LogP contribution < -0.4 is 5.56 Å². The molecule has 1 saturated carbocycles. The zero-order valence-corrected chi connectivity index (χ0v) is 12.4. The zero-order valence-electron chi connectivity index (χ0n) is 10.3. The molecule has 1 N–H and O–H groups in total. The van der Waals surface area contributed by atoms with Crippen molar-refractivity contribution in [2.75, 3.05) is 0 Å². The fraction of sp³-hybridized carbons (Fsp3) is 0.692. The van der Waals surface area contributed by atoms with E-state index in [0.29, 0.717) is 5.92 Å². The number of nitrogens with zero attached hydrogens (tertiary/aromatic N) is 1. The van der Waals surface area contributed by atoms with Crippen LogP contribution in [0.1, 0.15) is 62.9 Å². The third-order valence-corrected chi connectivity index (χ3v) is 4.64. The van der Waals surface area contributed by atoms with Gasteiger partial charge in [-0.25, -0.2) is 4.98 Å². The Kier molecular flexibility index (Phi) is 4.59. The summed E-state index contributed by atoms with van der Waals surface area (Å²) in [6.07, 6.45) is 8.36. The van der Waals surface area contributed by atoms with Gasteiger partial charge in [0, 0.05) is 5.92 Å². The van der Waals surface area contributed by atoms with Gasteiger partial charge in [0.05, 0.1) is 9.26 Å². The minimum Gasteiger partial charge on any atom is -0.309 e. The van der Waals surface area contributed by atoms with Crippen molar-refractivity contribution >= 4 is 22.6 Å². The Morgan fingerprint density at radius 3 is 2.53 bits per heavy atom. The first-order valence-corrected chi connectivity index (χ1v) is 7.58. The summed E-state index contributed by atoms with van der Waals surface area (Å²) < 4.78 is 0.752. The largest absolute Gasteiger partial charge is 0.309 e. The van der Waals surface area contributed by atoms with Gasteiger partial charge >= 0.3 is 0 Å². The minimum atomic E-state index is 0.0386. The first-order chi connectivity index (χ1) is 8.22. The topological polar surface area (TPSA) is 45.8 Å². The van der Waals surface area contributed by atoms with E-state index in [1.54, 1.807) is 0 Å². The van der Waals surface area contributed by atoms with Crippen molar-refractivity contribution < 1.29 is 0 Å². The summed E-state index contributed by atoms with van der Waals surface area (Å²) in [4.78, 5) is 19.5. The monoisotopic (exact) mass is 346 g/mol. The van der Waals surface area contributed by atoms with Crippen molar-refractivity contribution in [2.45, 2.75) is 57.8 Å². The number of halogens is 1. The standard InChI is InChI=1S/C13H19IN2O/c1-2-10-11(14)13(17)16-12(15-10)9-7-5-3-4-6-8-9/h9H,2-8H2,1H3,(H,15,16,17). The van der Waals surface area contributed by atoms with Gasteiger partial charge in [0.1, 0.15) is 5.82 Å². The number of H-pyrrole nitrogens is 1. The van der Waals surface area contributed by atoms with Gasteiger partial charge in [0.15, 0.2) is 0 Å². The van der Waals surface area contributed by atoms with Crippen molar-refractivity contribution in [2.24, 2.45) is 0 Å². The van der Waals surface area contributed by atoms with Gasteiger partial charge in [-0.15, -0.1) is 0 Å². The van der Waals surface area contributed by atoms with Gasteiger partial charge in [-0.05, 0) is 41.9 Å². The maximum absolute atomic E-state index is 11.8. The molecule has 0 spiro atoms. The lowest BCUT2D eigenvalue weighted by molar-refractivity contribution is 0.554. The third-order valence-electron chi connectivity index (χ3n) is 3.53. The van der Waals surface area contributed by atoms with Crippen molar-refractivity contribution in [3.8, 4) is 0 Å². The molecule has 0 amide bonds. The lowest BCUT2D eigenvalue weighted by atomic mass is 9.99. The Balaban J connectivity index is 2.31. The van der Waals surface area contributed by atoms with Gasteiger partial charge in [0.2, 0.25) is 0 Å². The number of nitrogens with one attached hydrogen (secondary N) is 1. The molecule has 17 heavy (non-hydrogen) atoms. The lowest BCUT2D eigenvalue weighted by Crippen LogP contribution is -2.19. The highest BCUT2D eigenvalue weighted by Gasteiger charge is 2.18. The second kappa shape index (κ2) is 5.98. The molecule has 0 radical (unpaired) electrons. The molecule has 0 atom stereocenters. The molecule has 3 nitrogen and oxygen atoms in total. The summed E-state index contributed by atoms with van der Waals surface area (Å²) in [5, 5.41) is 0. The fourth-order valence-electron chi connectivity index (χ4n) is 2.51. The summed E-state index contributed by atoms with van der Waals surface area (Å²) in [5.74, 6) is 1.39. The normalized spacial score (nSPS) is 18.0. The predicted octanol–water partition coefficient (Wildman–Crippen LogP) is 3.37. The van der Waals surface area contributed by atoms with Crippen LogP contribution in [-0.2, 0) is 6.42 Å². The summed E-state index contributed by atoms with van der Waals surface area (Å²) in [6, 6.07) is 0. The Morgan fingerprint density at radius 2 is 1.94 bits per heavy atom. The fourth-order valence-corrected chi connectivity index (χ4v) is 3.14. The van der Waals surface area contributed by atoms with E-state index in [2.05, 4.69) is 39.5 Å². The van der Waals surface area contributed by atoms with E-state index in [0.717, 1.165) is 21.5 Å². The molecule has 1 heterocycles. The van der Waals surface area contributed by atoms with Crippen molar-refractivity contribution in [1.29, 1.82) is 0 Å². The van der Waals surface area contributed by atoms with E-state index in [4.69, 9.17) is 0 Å². The number of aromatic nitrogens is 2. The van der Waals surface area contributed by atoms with E-state index < -0.39 is 0 Å². The van der Waals surface area contributed by atoms with Crippen LogP contribution in [0.3, 0.4) is 0 Å². The number of aryl methyl sites for hydroxylation is 1. The number of hydrogen-bond donors (Lipinski definition) is 1. The zero-order chi connectivity index (χ0) is 12.3. The van der Waals surface area contributed by atoms with Crippen LogP contribution in [0.4, 0.5) is 0 Å². The molecular formula is C13H19IN2O. The molecule has 0 bridgehead atoms. The quantitative estimate of drug-likeness (QED) is 0.659. The van der Waals surface area contributed by atoms with Crippen LogP contribution in [-0.4, -0.2) is 9.97 Å². The summed E-state index contributed by atoms with van der Waals surface area (Å²) >= 11 is 2.09.